The molecule has 0 unspecified atom stereocenters. The standard InChI is InChI=1S/C14H21NO3S/c1-15(12-7-4-2-3-5-8-12)19(17,18)14-10-6-9-13(16)11-14/h6,9-12,16H,2-5,7-8H2,1H3. The molecule has 106 valence electrons. The SMILES string of the molecule is CN(C1CCCCCC1)S(=O)(=O)c1cccc(O)c1. The molecule has 1 aliphatic rings. The second-order valence-electron chi connectivity index (χ2n) is 5.16. The molecule has 0 spiro atoms. The first-order valence-corrected chi connectivity index (χ1v) is 8.23. The summed E-state index contributed by atoms with van der Waals surface area (Å²) in [5.41, 5.74) is 0. The van der Waals surface area contributed by atoms with Gasteiger partial charge in [0.15, 0.2) is 0 Å². The maximum atomic E-state index is 12.5. The van der Waals surface area contributed by atoms with E-state index in [1.807, 2.05) is 0 Å². The minimum absolute atomic E-state index is 0.0182. The third kappa shape index (κ3) is 3.28. The normalized spacial score (nSPS) is 18.4. The molecule has 0 amide bonds. The zero-order valence-electron chi connectivity index (χ0n) is 11.2. The monoisotopic (exact) mass is 283 g/mol. The number of phenolic OH excluding ortho intramolecular Hbond substituents is 1. The highest BCUT2D eigenvalue weighted by atomic mass is 32.2. The van der Waals surface area contributed by atoms with Crippen LogP contribution in [-0.4, -0.2) is 30.9 Å². The van der Waals surface area contributed by atoms with Crippen molar-refractivity contribution < 1.29 is 13.5 Å². The van der Waals surface area contributed by atoms with Crippen molar-refractivity contribution in [3.05, 3.63) is 24.3 Å². The van der Waals surface area contributed by atoms with Crippen molar-refractivity contribution in [1.82, 2.24) is 4.31 Å². The lowest BCUT2D eigenvalue weighted by molar-refractivity contribution is 0.335. The molecule has 2 rings (SSSR count). The van der Waals surface area contributed by atoms with E-state index in [2.05, 4.69) is 0 Å². The van der Waals surface area contributed by atoms with Crippen LogP contribution < -0.4 is 0 Å². The van der Waals surface area contributed by atoms with Crippen molar-refractivity contribution in [2.24, 2.45) is 0 Å². The lowest BCUT2D eigenvalue weighted by Gasteiger charge is -2.26. The van der Waals surface area contributed by atoms with E-state index in [1.165, 1.54) is 35.3 Å². The molecule has 0 saturated heterocycles. The Kier molecular flexibility index (Phi) is 4.47. The highest BCUT2D eigenvalue weighted by Gasteiger charge is 2.28. The molecule has 4 nitrogen and oxygen atoms in total. The molecule has 0 aromatic heterocycles. The Labute approximate surface area is 115 Å². The maximum absolute atomic E-state index is 12.5. The van der Waals surface area contributed by atoms with Gasteiger partial charge in [-0.2, -0.15) is 4.31 Å². The van der Waals surface area contributed by atoms with E-state index in [0.717, 1.165) is 25.7 Å². The van der Waals surface area contributed by atoms with Crippen LogP contribution in [0.2, 0.25) is 0 Å². The predicted octanol–water partition coefficient (Wildman–Crippen LogP) is 2.74. The topological polar surface area (TPSA) is 57.6 Å². The molecule has 1 aromatic carbocycles. The molecule has 0 atom stereocenters. The van der Waals surface area contributed by atoms with Gasteiger partial charge in [0.2, 0.25) is 10.0 Å². The maximum Gasteiger partial charge on any atom is 0.243 e. The van der Waals surface area contributed by atoms with Crippen LogP contribution >= 0.6 is 0 Å². The quantitative estimate of drug-likeness (QED) is 0.868. The predicted molar refractivity (Wildman–Crippen MR) is 74.5 cm³/mol. The molecule has 1 N–H and O–H groups in total. The first-order chi connectivity index (χ1) is 9.01. The zero-order valence-corrected chi connectivity index (χ0v) is 12.1. The van der Waals surface area contributed by atoms with E-state index in [-0.39, 0.29) is 16.7 Å². The minimum Gasteiger partial charge on any atom is -0.508 e. The number of phenols is 1. The Bertz CT molecular complexity index is 519. The molecule has 0 radical (unpaired) electrons. The molecular formula is C14H21NO3S. The van der Waals surface area contributed by atoms with E-state index in [0.29, 0.717) is 0 Å². The van der Waals surface area contributed by atoms with Crippen LogP contribution in [0.5, 0.6) is 5.75 Å². The molecule has 1 aliphatic carbocycles. The number of benzene rings is 1. The second-order valence-corrected chi connectivity index (χ2v) is 7.16. The largest absolute Gasteiger partial charge is 0.508 e. The van der Waals surface area contributed by atoms with Crippen LogP contribution in [0, 0.1) is 0 Å². The van der Waals surface area contributed by atoms with Crippen LogP contribution in [0.15, 0.2) is 29.2 Å². The Morgan fingerprint density at radius 1 is 1.16 bits per heavy atom. The van der Waals surface area contributed by atoms with Crippen molar-refractivity contribution in [2.75, 3.05) is 7.05 Å². The average molecular weight is 283 g/mol. The van der Waals surface area contributed by atoms with Gasteiger partial charge in [-0.05, 0) is 31.0 Å². The van der Waals surface area contributed by atoms with Crippen LogP contribution in [0.1, 0.15) is 38.5 Å². The Balaban J connectivity index is 2.23. The summed E-state index contributed by atoms with van der Waals surface area (Å²) in [4.78, 5) is 0.166. The summed E-state index contributed by atoms with van der Waals surface area (Å²) < 4.78 is 26.5. The number of hydrogen-bond donors (Lipinski definition) is 1. The van der Waals surface area contributed by atoms with E-state index >= 15 is 0 Å². The smallest absolute Gasteiger partial charge is 0.243 e. The number of rotatable bonds is 3. The summed E-state index contributed by atoms with van der Waals surface area (Å²) in [6, 6.07) is 5.95. The van der Waals surface area contributed by atoms with Crippen molar-refractivity contribution in [2.45, 2.75) is 49.5 Å². The molecule has 1 fully saturated rings. The van der Waals surface area contributed by atoms with Gasteiger partial charge in [-0.1, -0.05) is 31.7 Å². The van der Waals surface area contributed by atoms with E-state index in [4.69, 9.17) is 0 Å². The summed E-state index contributed by atoms with van der Waals surface area (Å²) in [7, 11) is -1.86. The number of nitrogens with zero attached hydrogens (tertiary/aromatic N) is 1. The molecule has 0 aliphatic heterocycles. The van der Waals surface area contributed by atoms with Crippen LogP contribution in [-0.2, 0) is 10.0 Å². The van der Waals surface area contributed by atoms with Crippen molar-refractivity contribution >= 4 is 10.0 Å². The van der Waals surface area contributed by atoms with E-state index in [1.54, 1.807) is 13.1 Å². The molecule has 5 heteroatoms. The molecule has 1 aromatic rings. The van der Waals surface area contributed by atoms with Crippen molar-refractivity contribution in [1.29, 1.82) is 0 Å². The van der Waals surface area contributed by atoms with Gasteiger partial charge in [0.05, 0.1) is 4.90 Å². The molecular weight excluding hydrogens is 262 g/mol. The second kappa shape index (κ2) is 5.92. The average Bonchev–Trinajstić information content (AvgIpc) is 2.66. The molecule has 0 bridgehead atoms. The number of sulfonamides is 1. The first kappa shape index (κ1) is 14.3. The van der Waals surface area contributed by atoms with Gasteiger partial charge < -0.3 is 5.11 Å². The Hall–Kier alpha value is -1.07. The number of aromatic hydroxyl groups is 1. The third-order valence-electron chi connectivity index (χ3n) is 3.83. The highest BCUT2D eigenvalue weighted by molar-refractivity contribution is 7.89. The molecule has 1 saturated carbocycles. The van der Waals surface area contributed by atoms with Crippen LogP contribution in [0.25, 0.3) is 0 Å². The fourth-order valence-electron chi connectivity index (χ4n) is 2.63. The van der Waals surface area contributed by atoms with Crippen LogP contribution in [0.4, 0.5) is 0 Å². The fraction of sp³-hybridized carbons (Fsp3) is 0.571. The molecule has 0 heterocycles. The van der Waals surface area contributed by atoms with Gasteiger partial charge in [-0.15, -0.1) is 0 Å². The highest BCUT2D eigenvalue weighted by Crippen LogP contribution is 2.26. The Morgan fingerprint density at radius 3 is 2.37 bits per heavy atom. The van der Waals surface area contributed by atoms with Crippen LogP contribution in [0.3, 0.4) is 0 Å². The van der Waals surface area contributed by atoms with Gasteiger partial charge in [0, 0.05) is 13.1 Å². The van der Waals surface area contributed by atoms with E-state index < -0.39 is 10.0 Å². The third-order valence-corrected chi connectivity index (χ3v) is 5.74. The van der Waals surface area contributed by atoms with Gasteiger partial charge in [-0.3, -0.25) is 0 Å². The van der Waals surface area contributed by atoms with Crippen molar-refractivity contribution in [3.8, 4) is 5.75 Å². The molecule has 19 heavy (non-hydrogen) atoms. The lowest BCUT2D eigenvalue weighted by atomic mass is 10.1. The first-order valence-electron chi connectivity index (χ1n) is 6.79. The van der Waals surface area contributed by atoms with Gasteiger partial charge in [0.1, 0.15) is 5.75 Å². The lowest BCUT2D eigenvalue weighted by Crippen LogP contribution is -2.36. The summed E-state index contributed by atoms with van der Waals surface area (Å²) in [5, 5.41) is 9.43. The summed E-state index contributed by atoms with van der Waals surface area (Å²) in [6.07, 6.45) is 6.41. The fourth-order valence-corrected chi connectivity index (χ4v) is 4.08. The van der Waals surface area contributed by atoms with E-state index in [9.17, 15) is 13.5 Å². The summed E-state index contributed by atoms with van der Waals surface area (Å²) in [5.74, 6) is -0.0182. The van der Waals surface area contributed by atoms with Gasteiger partial charge in [0.25, 0.3) is 0 Å². The summed E-state index contributed by atoms with van der Waals surface area (Å²) >= 11 is 0. The zero-order chi connectivity index (χ0) is 13.9. The minimum atomic E-state index is -3.50. The van der Waals surface area contributed by atoms with Gasteiger partial charge >= 0.3 is 0 Å². The number of hydrogen-bond acceptors (Lipinski definition) is 3. The van der Waals surface area contributed by atoms with Gasteiger partial charge in [-0.25, -0.2) is 8.42 Å². The summed E-state index contributed by atoms with van der Waals surface area (Å²) in [6.45, 7) is 0. The van der Waals surface area contributed by atoms with Crippen molar-refractivity contribution in [3.63, 3.8) is 0 Å². The Morgan fingerprint density at radius 2 is 1.79 bits per heavy atom.